The number of rotatable bonds is 10. The molecule has 1 saturated carbocycles. The van der Waals surface area contributed by atoms with E-state index in [0.717, 1.165) is 37.5 Å². The Morgan fingerprint density at radius 1 is 1.09 bits per heavy atom. The van der Waals surface area contributed by atoms with Crippen LogP contribution in [0.3, 0.4) is 0 Å². The van der Waals surface area contributed by atoms with Gasteiger partial charge in [-0.1, -0.05) is 84.1 Å². The summed E-state index contributed by atoms with van der Waals surface area (Å²) in [5, 5.41) is 2.04. The van der Waals surface area contributed by atoms with E-state index in [0.29, 0.717) is 0 Å². The molecule has 1 unspecified atom stereocenters. The summed E-state index contributed by atoms with van der Waals surface area (Å²) in [5.41, 5.74) is 2.45. The van der Waals surface area contributed by atoms with Crippen LogP contribution in [0.5, 0.6) is 0 Å². The van der Waals surface area contributed by atoms with Gasteiger partial charge in [0.1, 0.15) is 0 Å². The summed E-state index contributed by atoms with van der Waals surface area (Å²) in [6.07, 6.45) is 10.00. The van der Waals surface area contributed by atoms with E-state index >= 15 is 0 Å². The maximum Gasteiger partial charge on any atom is 0.471 e. The third-order valence-corrected chi connectivity index (χ3v) is 7.29. The van der Waals surface area contributed by atoms with Crippen LogP contribution in [-0.4, -0.2) is 25.2 Å². The van der Waals surface area contributed by atoms with E-state index in [4.69, 9.17) is 0 Å². The fourth-order valence-corrected chi connectivity index (χ4v) is 5.66. The van der Waals surface area contributed by atoms with E-state index in [1.165, 1.54) is 69.8 Å². The normalized spacial score (nSPS) is 21.6. The Labute approximate surface area is 191 Å². The van der Waals surface area contributed by atoms with E-state index in [2.05, 4.69) is 18.7 Å². The largest absolute Gasteiger partial charge is 0.471 e. The monoisotopic (exact) mass is 452 g/mol. The summed E-state index contributed by atoms with van der Waals surface area (Å²) in [4.78, 5) is 13.8. The topological polar surface area (TPSA) is 32.3 Å². The number of nitrogens with one attached hydrogen (secondary N) is 1. The first-order valence-electron chi connectivity index (χ1n) is 12.5. The lowest BCUT2D eigenvalue weighted by Crippen LogP contribution is -2.33. The summed E-state index contributed by atoms with van der Waals surface area (Å²) >= 11 is 0. The van der Waals surface area contributed by atoms with E-state index in [-0.39, 0.29) is 11.1 Å². The highest BCUT2D eigenvalue weighted by atomic mass is 19.4. The molecular formula is C26H39F3N2O. The number of amides is 1. The fraction of sp³-hybridized carbons (Fsp3) is 0.731. The van der Waals surface area contributed by atoms with E-state index in [9.17, 15) is 18.0 Å². The molecule has 1 aromatic carbocycles. The Balaban J connectivity index is 1.74. The molecule has 1 aliphatic carbocycles. The molecule has 32 heavy (non-hydrogen) atoms. The lowest BCUT2D eigenvalue weighted by Gasteiger charge is -2.32. The predicted molar refractivity (Wildman–Crippen MR) is 125 cm³/mol. The van der Waals surface area contributed by atoms with Crippen molar-refractivity contribution in [1.29, 1.82) is 0 Å². The van der Waals surface area contributed by atoms with E-state index in [1.807, 2.05) is 11.4 Å². The zero-order valence-corrected chi connectivity index (χ0v) is 19.7. The minimum absolute atomic E-state index is 0.00607. The molecule has 0 saturated heterocycles. The molecule has 3 rings (SSSR count). The molecule has 180 valence electrons. The van der Waals surface area contributed by atoms with Crippen molar-refractivity contribution in [3.05, 3.63) is 23.8 Å². The Morgan fingerprint density at radius 2 is 1.78 bits per heavy atom. The molecule has 6 heteroatoms. The molecule has 2 aliphatic rings. The van der Waals surface area contributed by atoms with Crippen LogP contribution in [0.4, 0.5) is 24.5 Å². The van der Waals surface area contributed by atoms with Gasteiger partial charge in [0.2, 0.25) is 0 Å². The Kier molecular flexibility index (Phi) is 8.51. The minimum Gasteiger partial charge on any atom is -0.370 e. The number of nitrogens with zero attached hydrogens (tertiary/aromatic N) is 1. The second kappa shape index (κ2) is 10.9. The number of unbranched alkanes of at least 4 members (excludes halogenated alkanes) is 5. The van der Waals surface area contributed by atoms with Crippen molar-refractivity contribution in [1.82, 2.24) is 0 Å². The summed E-state index contributed by atoms with van der Waals surface area (Å²) in [6, 6.07) is 5.34. The summed E-state index contributed by atoms with van der Waals surface area (Å²) < 4.78 is 38.2. The number of hydrogen-bond donors (Lipinski definition) is 1. The smallest absolute Gasteiger partial charge is 0.370 e. The first-order chi connectivity index (χ1) is 15.2. The molecule has 0 aromatic heterocycles. The van der Waals surface area contributed by atoms with Crippen molar-refractivity contribution >= 4 is 17.3 Å². The maximum atomic E-state index is 12.7. The first kappa shape index (κ1) is 24.9. The van der Waals surface area contributed by atoms with Gasteiger partial charge < -0.3 is 10.2 Å². The third-order valence-electron chi connectivity index (χ3n) is 7.29. The highest BCUT2D eigenvalue weighted by molar-refractivity contribution is 5.95. The molecule has 1 atom stereocenters. The zero-order chi connectivity index (χ0) is 23.2. The third kappa shape index (κ3) is 6.41. The Morgan fingerprint density at radius 3 is 2.47 bits per heavy atom. The molecular weight excluding hydrogens is 413 g/mol. The van der Waals surface area contributed by atoms with Gasteiger partial charge >= 0.3 is 12.1 Å². The standard InChI is InChI=1S/C26H39F3N2O/c1-3-4-5-6-7-11-16-31-19-25(2,18-20-12-9-8-10-13-20)22-15-14-21(17-23(22)31)30-24(32)26(27,28)29/h14-15,17,20H,3-13,16,18-19H2,1-2H3,(H,30,32). The highest BCUT2D eigenvalue weighted by Crippen LogP contribution is 2.47. The molecule has 1 amide bonds. The van der Waals surface area contributed by atoms with Gasteiger partial charge in [-0.3, -0.25) is 4.79 Å². The Hall–Kier alpha value is -1.72. The predicted octanol–water partition coefficient (Wildman–Crippen LogP) is 7.60. The van der Waals surface area contributed by atoms with Gasteiger partial charge in [0.25, 0.3) is 0 Å². The van der Waals surface area contributed by atoms with Gasteiger partial charge in [0.15, 0.2) is 0 Å². The van der Waals surface area contributed by atoms with Gasteiger partial charge in [0.05, 0.1) is 0 Å². The van der Waals surface area contributed by atoms with Crippen LogP contribution in [0.1, 0.15) is 96.5 Å². The number of carbonyl (C=O) groups excluding carboxylic acids is 1. The minimum atomic E-state index is -4.88. The van der Waals surface area contributed by atoms with Gasteiger partial charge in [-0.05, 0) is 36.5 Å². The van der Waals surface area contributed by atoms with E-state index < -0.39 is 12.1 Å². The summed E-state index contributed by atoms with van der Waals surface area (Å²) in [5.74, 6) is -1.19. The number of fused-ring (bicyclic) bond motifs is 1. The van der Waals surface area contributed by atoms with Gasteiger partial charge in [0, 0.05) is 29.9 Å². The van der Waals surface area contributed by atoms with Crippen LogP contribution >= 0.6 is 0 Å². The second-order valence-electron chi connectivity index (χ2n) is 10.1. The summed E-state index contributed by atoms with van der Waals surface area (Å²) in [6.45, 7) is 6.35. The number of alkyl halides is 3. The molecule has 1 N–H and O–H groups in total. The second-order valence-corrected chi connectivity index (χ2v) is 10.1. The number of anilines is 2. The van der Waals surface area contributed by atoms with E-state index in [1.54, 1.807) is 12.1 Å². The fourth-order valence-electron chi connectivity index (χ4n) is 5.66. The number of benzene rings is 1. The van der Waals surface area contributed by atoms with Gasteiger partial charge in [-0.15, -0.1) is 0 Å². The highest BCUT2D eigenvalue weighted by Gasteiger charge is 2.42. The number of halogens is 3. The molecule has 1 aromatic rings. The molecule has 0 bridgehead atoms. The molecule has 1 fully saturated rings. The van der Waals surface area contributed by atoms with Crippen molar-refractivity contribution in [2.24, 2.45) is 5.92 Å². The van der Waals surface area contributed by atoms with Crippen molar-refractivity contribution in [3.63, 3.8) is 0 Å². The zero-order valence-electron chi connectivity index (χ0n) is 19.7. The SMILES string of the molecule is CCCCCCCCN1CC(C)(CC2CCCCC2)c2ccc(NC(=O)C(F)(F)F)cc21. The molecule has 0 spiro atoms. The molecule has 1 heterocycles. The van der Waals surface area contributed by atoms with Crippen LogP contribution in [-0.2, 0) is 10.2 Å². The number of carbonyl (C=O) groups is 1. The van der Waals surface area contributed by atoms with Crippen LogP contribution in [0.2, 0.25) is 0 Å². The van der Waals surface area contributed by atoms with Crippen LogP contribution < -0.4 is 10.2 Å². The molecule has 1 aliphatic heterocycles. The van der Waals surface area contributed by atoms with Crippen molar-refractivity contribution < 1.29 is 18.0 Å². The lowest BCUT2D eigenvalue weighted by atomic mass is 9.73. The van der Waals surface area contributed by atoms with Crippen LogP contribution in [0.15, 0.2) is 18.2 Å². The van der Waals surface area contributed by atoms with Gasteiger partial charge in [-0.2, -0.15) is 13.2 Å². The van der Waals surface area contributed by atoms with Gasteiger partial charge in [-0.25, -0.2) is 0 Å². The average molecular weight is 453 g/mol. The molecule has 0 radical (unpaired) electrons. The van der Waals surface area contributed by atoms with Crippen molar-refractivity contribution in [3.8, 4) is 0 Å². The molecule has 3 nitrogen and oxygen atoms in total. The quantitative estimate of drug-likeness (QED) is 0.371. The Bertz CT molecular complexity index is 758. The van der Waals surface area contributed by atoms with Crippen molar-refractivity contribution in [2.75, 3.05) is 23.3 Å². The lowest BCUT2D eigenvalue weighted by molar-refractivity contribution is -0.167. The summed E-state index contributed by atoms with van der Waals surface area (Å²) in [7, 11) is 0. The average Bonchev–Trinajstić information content (AvgIpc) is 3.01. The maximum absolute atomic E-state index is 12.7. The van der Waals surface area contributed by atoms with Crippen LogP contribution in [0, 0.1) is 5.92 Å². The first-order valence-corrected chi connectivity index (χ1v) is 12.5. The number of hydrogen-bond acceptors (Lipinski definition) is 2. The van der Waals surface area contributed by atoms with Crippen LogP contribution in [0.25, 0.3) is 0 Å². The van der Waals surface area contributed by atoms with Crippen molar-refractivity contribution in [2.45, 2.75) is 102 Å².